The van der Waals surface area contributed by atoms with Gasteiger partial charge in [-0.3, -0.25) is 9.59 Å². The molecule has 4 rings (SSSR count). The van der Waals surface area contributed by atoms with Crippen LogP contribution in [0.5, 0.6) is 0 Å². The van der Waals surface area contributed by atoms with E-state index < -0.39 is 33.1 Å². The SMILES string of the molecule is Cc1cc(-c2cccc(C(F)(F)F)c2)ccc1C(=O)Cn1cc(S(=O)(=O)N2CCCC2)ccc1=O. The fraction of sp³-hybridized carbons (Fsp3) is 0.280. The second-order valence-corrected chi connectivity index (χ2v) is 10.4. The van der Waals surface area contributed by atoms with E-state index in [0.29, 0.717) is 35.3 Å². The first kappa shape index (κ1) is 24.9. The van der Waals surface area contributed by atoms with Gasteiger partial charge in [-0.1, -0.05) is 30.3 Å². The molecular weight excluding hydrogens is 481 g/mol. The van der Waals surface area contributed by atoms with Gasteiger partial charge in [0, 0.05) is 30.9 Å². The number of rotatable bonds is 6. The topological polar surface area (TPSA) is 76.5 Å². The maximum Gasteiger partial charge on any atom is 0.416 e. The summed E-state index contributed by atoms with van der Waals surface area (Å²) in [5.41, 5.74) is 0.408. The molecule has 1 aromatic heterocycles. The fourth-order valence-corrected chi connectivity index (χ4v) is 5.67. The number of hydrogen-bond donors (Lipinski definition) is 0. The molecule has 1 fully saturated rings. The van der Waals surface area contributed by atoms with Gasteiger partial charge >= 0.3 is 6.18 Å². The molecule has 184 valence electrons. The molecule has 0 amide bonds. The lowest BCUT2D eigenvalue weighted by molar-refractivity contribution is -0.137. The van der Waals surface area contributed by atoms with E-state index in [2.05, 4.69) is 0 Å². The highest BCUT2D eigenvalue weighted by molar-refractivity contribution is 7.89. The van der Waals surface area contributed by atoms with Crippen LogP contribution in [-0.4, -0.2) is 36.2 Å². The largest absolute Gasteiger partial charge is 0.416 e. The van der Waals surface area contributed by atoms with Crippen LogP contribution in [0.15, 0.2) is 70.5 Å². The Morgan fingerprint density at radius 1 is 0.971 bits per heavy atom. The van der Waals surface area contributed by atoms with Crippen LogP contribution in [0.1, 0.15) is 34.3 Å². The smallest absolute Gasteiger partial charge is 0.306 e. The summed E-state index contributed by atoms with van der Waals surface area (Å²) < 4.78 is 67.2. The van der Waals surface area contributed by atoms with Crippen LogP contribution < -0.4 is 5.56 Å². The second kappa shape index (κ2) is 9.43. The number of carbonyl (C=O) groups excluding carboxylic acids is 1. The molecule has 35 heavy (non-hydrogen) atoms. The number of carbonyl (C=O) groups is 1. The first-order valence-electron chi connectivity index (χ1n) is 11.0. The van der Waals surface area contributed by atoms with Crippen LogP contribution in [0.2, 0.25) is 0 Å². The van der Waals surface area contributed by atoms with Crippen molar-refractivity contribution >= 4 is 15.8 Å². The molecule has 1 aliphatic rings. The Morgan fingerprint density at radius 2 is 1.66 bits per heavy atom. The Labute approximate surface area is 200 Å². The van der Waals surface area contributed by atoms with Crippen LogP contribution in [0.4, 0.5) is 13.2 Å². The number of pyridine rings is 1. The van der Waals surface area contributed by atoms with E-state index in [4.69, 9.17) is 0 Å². The molecule has 1 aliphatic heterocycles. The lowest BCUT2D eigenvalue weighted by Gasteiger charge is -2.16. The number of alkyl halides is 3. The van der Waals surface area contributed by atoms with E-state index in [1.165, 1.54) is 28.7 Å². The molecular formula is C25H23F3N2O4S. The molecule has 0 unspecified atom stereocenters. The summed E-state index contributed by atoms with van der Waals surface area (Å²) in [5, 5.41) is 0. The molecule has 0 N–H and O–H groups in total. The van der Waals surface area contributed by atoms with Crippen molar-refractivity contribution < 1.29 is 26.4 Å². The summed E-state index contributed by atoms with van der Waals surface area (Å²) in [6.07, 6.45) is -1.74. The minimum absolute atomic E-state index is 0.0524. The van der Waals surface area contributed by atoms with Crippen LogP contribution >= 0.6 is 0 Å². The Morgan fingerprint density at radius 3 is 2.31 bits per heavy atom. The van der Waals surface area contributed by atoms with Gasteiger partial charge in [-0.25, -0.2) is 8.42 Å². The third-order valence-corrected chi connectivity index (χ3v) is 7.91. The van der Waals surface area contributed by atoms with Gasteiger partial charge in [-0.15, -0.1) is 0 Å². The minimum atomic E-state index is -4.47. The number of halogens is 3. The minimum Gasteiger partial charge on any atom is -0.306 e. The Kier molecular flexibility index (Phi) is 6.70. The third kappa shape index (κ3) is 5.23. The fourth-order valence-electron chi connectivity index (χ4n) is 4.13. The highest BCUT2D eigenvalue weighted by atomic mass is 32.2. The molecule has 3 aromatic rings. The number of sulfonamides is 1. The standard InChI is InChI=1S/C25H23F3N2O4S/c1-17-13-19(18-5-4-6-20(14-18)25(26,27)28)7-9-22(17)23(31)16-29-15-21(8-10-24(29)32)35(33,34)30-11-2-3-12-30/h4-10,13-15H,2-3,11-12,16H2,1H3. The monoisotopic (exact) mass is 504 g/mol. The Balaban J connectivity index is 1.59. The third-order valence-electron chi connectivity index (χ3n) is 6.02. The molecule has 0 spiro atoms. The summed E-state index contributed by atoms with van der Waals surface area (Å²) in [4.78, 5) is 25.3. The molecule has 0 aliphatic carbocycles. The Bertz CT molecular complexity index is 1440. The van der Waals surface area contributed by atoms with Gasteiger partial charge in [0.1, 0.15) is 0 Å². The lowest BCUT2D eigenvalue weighted by atomic mass is 9.96. The van der Waals surface area contributed by atoms with Crippen molar-refractivity contribution in [1.82, 2.24) is 8.87 Å². The van der Waals surface area contributed by atoms with E-state index in [1.807, 2.05) is 0 Å². The van der Waals surface area contributed by atoms with Gasteiger partial charge in [0.2, 0.25) is 10.0 Å². The van der Waals surface area contributed by atoms with Crippen molar-refractivity contribution in [3.8, 4) is 11.1 Å². The van der Waals surface area contributed by atoms with Crippen molar-refractivity contribution in [3.63, 3.8) is 0 Å². The van der Waals surface area contributed by atoms with Gasteiger partial charge in [0.05, 0.1) is 17.0 Å². The summed E-state index contributed by atoms with van der Waals surface area (Å²) in [5.74, 6) is -0.420. The number of hydrogen-bond acceptors (Lipinski definition) is 4. The highest BCUT2D eigenvalue weighted by Crippen LogP contribution is 2.32. The predicted octanol–water partition coefficient (Wildman–Crippen LogP) is 4.51. The molecule has 0 saturated carbocycles. The number of benzene rings is 2. The summed E-state index contributed by atoms with van der Waals surface area (Å²) in [6, 6.07) is 11.9. The highest BCUT2D eigenvalue weighted by Gasteiger charge is 2.30. The zero-order chi connectivity index (χ0) is 25.4. The molecule has 1 saturated heterocycles. The normalized spacial score (nSPS) is 14.9. The number of Topliss-reactive ketones (excluding diaryl/α,β-unsaturated/α-hetero) is 1. The Hall–Kier alpha value is -3.24. The average molecular weight is 505 g/mol. The number of aryl methyl sites for hydroxylation is 1. The number of nitrogens with zero attached hydrogens (tertiary/aromatic N) is 2. The zero-order valence-corrected chi connectivity index (χ0v) is 19.7. The maximum absolute atomic E-state index is 13.0. The maximum atomic E-state index is 13.0. The average Bonchev–Trinajstić information content (AvgIpc) is 3.36. The van der Waals surface area contributed by atoms with E-state index in [-0.39, 0.29) is 11.4 Å². The van der Waals surface area contributed by atoms with Crippen LogP contribution in [0.3, 0.4) is 0 Å². The molecule has 10 heteroatoms. The summed E-state index contributed by atoms with van der Waals surface area (Å²) in [6.45, 7) is 2.11. The first-order valence-corrected chi connectivity index (χ1v) is 12.4. The van der Waals surface area contributed by atoms with Gasteiger partial charge in [-0.2, -0.15) is 17.5 Å². The quantitative estimate of drug-likeness (QED) is 0.463. The van der Waals surface area contributed by atoms with Crippen molar-refractivity contribution in [2.75, 3.05) is 13.1 Å². The molecule has 6 nitrogen and oxygen atoms in total. The van der Waals surface area contributed by atoms with Gasteiger partial charge < -0.3 is 4.57 Å². The summed E-state index contributed by atoms with van der Waals surface area (Å²) >= 11 is 0. The molecule has 2 aromatic carbocycles. The van der Waals surface area contributed by atoms with Crippen LogP contribution in [-0.2, 0) is 22.7 Å². The van der Waals surface area contributed by atoms with Crippen molar-refractivity contribution in [1.29, 1.82) is 0 Å². The van der Waals surface area contributed by atoms with E-state index in [9.17, 15) is 31.2 Å². The first-order chi connectivity index (χ1) is 16.5. The van der Waals surface area contributed by atoms with E-state index in [0.717, 1.165) is 35.6 Å². The molecule has 2 heterocycles. The van der Waals surface area contributed by atoms with E-state index in [1.54, 1.807) is 25.1 Å². The van der Waals surface area contributed by atoms with Gasteiger partial charge in [0.15, 0.2) is 5.78 Å². The summed E-state index contributed by atoms with van der Waals surface area (Å²) in [7, 11) is -3.75. The van der Waals surface area contributed by atoms with Crippen LogP contribution in [0.25, 0.3) is 11.1 Å². The van der Waals surface area contributed by atoms with Crippen molar-refractivity contribution in [2.24, 2.45) is 0 Å². The molecule has 0 bridgehead atoms. The van der Waals surface area contributed by atoms with Crippen molar-refractivity contribution in [2.45, 2.75) is 37.4 Å². The van der Waals surface area contributed by atoms with Gasteiger partial charge in [-0.05, 0) is 54.7 Å². The lowest BCUT2D eigenvalue weighted by Crippen LogP contribution is -2.30. The number of aromatic nitrogens is 1. The molecule has 0 radical (unpaired) electrons. The van der Waals surface area contributed by atoms with Crippen LogP contribution in [0, 0.1) is 6.92 Å². The zero-order valence-electron chi connectivity index (χ0n) is 18.9. The number of ketones is 1. The van der Waals surface area contributed by atoms with E-state index >= 15 is 0 Å². The van der Waals surface area contributed by atoms with Gasteiger partial charge in [0.25, 0.3) is 5.56 Å². The predicted molar refractivity (Wildman–Crippen MR) is 125 cm³/mol. The van der Waals surface area contributed by atoms with Crippen molar-refractivity contribution in [3.05, 3.63) is 87.8 Å². The second-order valence-electron chi connectivity index (χ2n) is 8.47. The molecule has 0 atom stereocenters.